The van der Waals surface area contributed by atoms with Gasteiger partial charge in [-0.15, -0.1) is 4.73 Å². The number of hydrogen-bond acceptors (Lipinski definition) is 4. The number of aliphatic hydroxyl groups excluding tert-OH is 1. The summed E-state index contributed by atoms with van der Waals surface area (Å²) in [6.07, 6.45) is 0. The maximum absolute atomic E-state index is 13.9. The van der Waals surface area contributed by atoms with E-state index in [9.17, 15) is 9.18 Å². The summed E-state index contributed by atoms with van der Waals surface area (Å²) in [6, 6.07) is 6.16. The van der Waals surface area contributed by atoms with Crippen molar-refractivity contribution in [3.05, 3.63) is 55.3 Å². The molecule has 1 aromatic heterocycles. The van der Waals surface area contributed by atoms with Crippen LogP contribution in [0.25, 0.3) is 0 Å². The van der Waals surface area contributed by atoms with E-state index in [0.29, 0.717) is 17.1 Å². The molecule has 118 valence electrons. The zero-order valence-electron chi connectivity index (χ0n) is 12.2. The van der Waals surface area contributed by atoms with Crippen molar-refractivity contribution in [1.29, 1.82) is 0 Å². The summed E-state index contributed by atoms with van der Waals surface area (Å²) in [5, 5.41) is 11.7. The van der Waals surface area contributed by atoms with Crippen LogP contribution in [0.2, 0.25) is 0 Å². The minimum atomic E-state index is -0.385. The molecule has 0 atom stereocenters. The van der Waals surface area contributed by atoms with Crippen LogP contribution in [0.4, 0.5) is 15.8 Å². The lowest BCUT2D eigenvalue weighted by Gasteiger charge is -2.17. The Kier molecular flexibility index (Phi) is 5.41. The van der Waals surface area contributed by atoms with Gasteiger partial charge in [0.2, 0.25) is 0 Å². The lowest BCUT2D eigenvalue weighted by Crippen LogP contribution is -2.31. The third kappa shape index (κ3) is 3.58. The van der Waals surface area contributed by atoms with Crippen molar-refractivity contribution < 1.29 is 14.3 Å². The van der Waals surface area contributed by atoms with E-state index in [0.717, 1.165) is 13.9 Å². The maximum Gasteiger partial charge on any atom is 0.285 e. The minimum Gasteiger partial charge on any atom is -0.408 e. The number of nitrogens with one attached hydrogen (secondary N) is 1. The van der Waals surface area contributed by atoms with Crippen molar-refractivity contribution in [3.8, 4) is 0 Å². The quantitative estimate of drug-likeness (QED) is 0.733. The fourth-order valence-corrected chi connectivity index (χ4v) is 2.41. The minimum absolute atomic E-state index is 0.0265. The molecule has 2 N–H and O–H groups in total. The summed E-state index contributed by atoms with van der Waals surface area (Å²) < 4.78 is 15.8. The molecule has 5 nitrogen and oxygen atoms in total. The standard InChI is InChI=1S/C15H16FIN2O3/c1-9-10(2)19(22-6-5-20)15(21)8-14(9)18-13-4-3-11(17)7-12(13)16/h3-4,7-8,18,20H,5-6H2,1-2H3. The number of pyridine rings is 1. The summed E-state index contributed by atoms with van der Waals surface area (Å²) in [5.41, 5.74) is 1.79. The SMILES string of the molecule is Cc1c(Nc2ccc(I)cc2F)cc(=O)n(OCCO)c1C. The second kappa shape index (κ2) is 7.10. The molecule has 0 aliphatic carbocycles. The fourth-order valence-electron chi connectivity index (χ4n) is 1.96. The molecule has 0 aliphatic heterocycles. The second-order valence-electron chi connectivity index (χ2n) is 4.71. The smallest absolute Gasteiger partial charge is 0.285 e. The Hall–Kier alpha value is -1.61. The van der Waals surface area contributed by atoms with Crippen molar-refractivity contribution in [2.45, 2.75) is 13.8 Å². The van der Waals surface area contributed by atoms with Crippen molar-refractivity contribution in [1.82, 2.24) is 4.73 Å². The molecule has 22 heavy (non-hydrogen) atoms. The summed E-state index contributed by atoms with van der Waals surface area (Å²) in [5.74, 6) is -0.385. The Balaban J connectivity index is 2.38. The Morgan fingerprint density at radius 2 is 2.05 bits per heavy atom. The molecule has 7 heteroatoms. The number of rotatable bonds is 5. The van der Waals surface area contributed by atoms with Crippen molar-refractivity contribution in [2.24, 2.45) is 0 Å². The highest BCUT2D eigenvalue weighted by atomic mass is 127. The first-order valence-electron chi connectivity index (χ1n) is 6.63. The first-order valence-corrected chi connectivity index (χ1v) is 7.71. The first kappa shape index (κ1) is 16.8. The second-order valence-corrected chi connectivity index (χ2v) is 5.95. The normalized spacial score (nSPS) is 10.6. The highest BCUT2D eigenvalue weighted by Crippen LogP contribution is 2.24. The summed E-state index contributed by atoms with van der Waals surface area (Å²) in [6.45, 7) is 3.38. The maximum atomic E-state index is 13.9. The zero-order chi connectivity index (χ0) is 16.3. The summed E-state index contributed by atoms with van der Waals surface area (Å²) >= 11 is 2.03. The third-order valence-electron chi connectivity index (χ3n) is 3.23. The predicted octanol–water partition coefficient (Wildman–Crippen LogP) is 2.37. The molecule has 1 heterocycles. The molecule has 0 unspecified atom stereocenters. The number of hydrogen-bond donors (Lipinski definition) is 2. The molecule has 0 saturated carbocycles. The van der Waals surface area contributed by atoms with Gasteiger partial charge in [0.15, 0.2) is 0 Å². The van der Waals surface area contributed by atoms with E-state index in [1.165, 1.54) is 12.1 Å². The molecule has 0 fully saturated rings. The molecular formula is C15H16FIN2O3. The Morgan fingerprint density at radius 1 is 1.32 bits per heavy atom. The van der Waals surface area contributed by atoms with Gasteiger partial charge in [-0.2, -0.15) is 0 Å². The number of benzene rings is 1. The molecule has 1 aromatic carbocycles. The van der Waals surface area contributed by atoms with Crippen LogP contribution in [0.1, 0.15) is 11.3 Å². The van der Waals surface area contributed by atoms with Gasteiger partial charge in [-0.3, -0.25) is 4.79 Å². The molecule has 2 aromatic rings. The Labute approximate surface area is 140 Å². The predicted molar refractivity (Wildman–Crippen MR) is 91.1 cm³/mol. The van der Waals surface area contributed by atoms with Crippen molar-refractivity contribution in [2.75, 3.05) is 18.5 Å². The van der Waals surface area contributed by atoms with Crippen LogP contribution >= 0.6 is 22.6 Å². The first-order chi connectivity index (χ1) is 10.4. The largest absolute Gasteiger partial charge is 0.408 e. The molecular weight excluding hydrogens is 402 g/mol. The molecule has 2 rings (SSSR count). The van der Waals surface area contributed by atoms with E-state index >= 15 is 0 Å². The average molecular weight is 418 g/mol. The number of nitrogens with zero attached hydrogens (tertiary/aromatic N) is 1. The van der Waals surface area contributed by atoms with Crippen LogP contribution in [-0.4, -0.2) is 23.1 Å². The van der Waals surface area contributed by atoms with E-state index in [-0.39, 0.29) is 24.6 Å². The van der Waals surface area contributed by atoms with E-state index in [4.69, 9.17) is 9.94 Å². The van der Waals surface area contributed by atoms with Gasteiger partial charge in [-0.1, -0.05) is 0 Å². The highest BCUT2D eigenvalue weighted by molar-refractivity contribution is 14.1. The molecule has 0 amide bonds. The van der Waals surface area contributed by atoms with Gasteiger partial charge in [0.1, 0.15) is 12.4 Å². The molecule has 0 radical (unpaired) electrons. The van der Waals surface area contributed by atoms with Crippen LogP contribution in [0, 0.1) is 23.2 Å². The van der Waals surface area contributed by atoms with Crippen LogP contribution in [0.15, 0.2) is 29.1 Å². The Bertz CT molecular complexity index is 746. The van der Waals surface area contributed by atoms with E-state index in [1.807, 2.05) is 22.6 Å². The zero-order valence-corrected chi connectivity index (χ0v) is 14.3. The van der Waals surface area contributed by atoms with Crippen LogP contribution in [0.5, 0.6) is 0 Å². The number of halogens is 2. The van der Waals surface area contributed by atoms with Gasteiger partial charge in [0.25, 0.3) is 5.56 Å². The van der Waals surface area contributed by atoms with E-state index < -0.39 is 0 Å². The van der Waals surface area contributed by atoms with Gasteiger partial charge in [0.05, 0.1) is 18.0 Å². The van der Waals surface area contributed by atoms with Crippen LogP contribution < -0.4 is 15.7 Å². The lowest BCUT2D eigenvalue weighted by molar-refractivity contribution is 0.0655. The van der Waals surface area contributed by atoms with Crippen LogP contribution in [-0.2, 0) is 0 Å². The van der Waals surface area contributed by atoms with E-state index in [1.54, 1.807) is 26.0 Å². The van der Waals surface area contributed by atoms with Gasteiger partial charge in [-0.05, 0) is 60.2 Å². The summed E-state index contributed by atoms with van der Waals surface area (Å²) in [4.78, 5) is 17.3. The van der Waals surface area contributed by atoms with Gasteiger partial charge in [-0.25, -0.2) is 4.39 Å². The molecule has 0 aliphatic rings. The monoisotopic (exact) mass is 418 g/mol. The van der Waals surface area contributed by atoms with Gasteiger partial charge < -0.3 is 15.3 Å². The van der Waals surface area contributed by atoms with Crippen molar-refractivity contribution >= 4 is 34.0 Å². The topological polar surface area (TPSA) is 63.5 Å². The average Bonchev–Trinajstić information content (AvgIpc) is 2.47. The lowest BCUT2D eigenvalue weighted by atomic mass is 10.2. The van der Waals surface area contributed by atoms with Gasteiger partial charge in [0, 0.05) is 15.3 Å². The van der Waals surface area contributed by atoms with Crippen molar-refractivity contribution in [3.63, 3.8) is 0 Å². The molecule has 0 saturated heterocycles. The molecule has 0 bridgehead atoms. The third-order valence-corrected chi connectivity index (χ3v) is 3.90. The number of aliphatic hydroxyl groups is 1. The number of anilines is 2. The number of aromatic nitrogens is 1. The fraction of sp³-hybridized carbons (Fsp3) is 0.267. The highest BCUT2D eigenvalue weighted by Gasteiger charge is 2.12. The van der Waals surface area contributed by atoms with Gasteiger partial charge >= 0.3 is 0 Å². The Morgan fingerprint density at radius 3 is 2.68 bits per heavy atom. The van der Waals surface area contributed by atoms with Crippen LogP contribution in [0.3, 0.4) is 0 Å². The molecule has 0 spiro atoms. The summed E-state index contributed by atoms with van der Waals surface area (Å²) in [7, 11) is 0. The van der Waals surface area contributed by atoms with E-state index in [2.05, 4.69) is 5.32 Å².